The normalized spacial score (nSPS) is 20.1. The minimum absolute atomic E-state index is 0.0533. The summed E-state index contributed by atoms with van der Waals surface area (Å²) in [5, 5.41) is 3.46. The van der Waals surface area contributed by atoms with E-state index in [1.54, 1.807) is 17.0 Å². The van der Waals surface area contributed by atoms with Gasteiger partial charge >= 0.3 is 0 Å². The standard InChI is InChI=1S/C15H19ClN2O2/c1-3-10(2)17-15(20)11-8-14(19)18(9-11)13-7-5-4-6-12(13)16/h4-7,10-11H,3,8-9H2,1-2H3,(H,17,20)/t10-,11+/m1/s1. The van der Waals surface area contributed by atoms with Gasteiger partial charge in [0.25, 0.3) is 0 Å². The van der Waals surface area contributed by atoms with E-state index in [-0.39, 0.29) is 30.2 Å². The van der Waals surface area contributed by atoms with E-state index in [1.807, 2.05) is 26.0 Å². The molecule has 20 heavy (non-hydrogen) atoms. The van der Waals surface area contributed by atoms with Gasteiger partial charge in [-0.25, -0.2) is 0 Å². The first-order chi connectivity index (χ1) is 9.52. The van der Waals surface area contributed by atoms with Gasteiger partial charge in [0.05, 0.1) is 16.6 Å². The number of rotatable bonds is 4. The molecule has 1 saturated heterocycles. The third-order valence-electron chi connectivity index (χ3n) is 3.64. The first-order valence-corrected chi connectivity index (χ1v) is 7.26. The van der Waals surface area contributed by atoms with Crippen LogP contribution in [-0.2, 0) is 9.59 Å². The fourth-order valence-electron chi connectivity index (χ4n) is 2.25. The third-order valence-corrected chi connectivity index (χ3v) is 3.96. The Labute approximate surface area is 124 Å². The summed E-state index contributed by atoms with van der Waals surface area (Å²) in [5.41, 5.74) is 0.679. The van der Waals surface area contributed by atoms with Gasteiger partial charge in [0.1, 0.15) is 0 Å². The molecule has 0 spiro atoms. The molecule has 108 valence electrons. The van der Waals surface area contributed by atoms with E-state index in [9.17, 15) is 9.59 Å². The minimum Gasteiger partial charge on any atom is -0.353 e. The Balaban J connectivity index is 2.08. The van der Waals surface area contributed by atoms with E-state index in [0.717, 1.165) is 6.42 Å². The average molecular weight is 295 g/mol. The first-order valence-electron chi connectivity index (χ1n) is 6.88. The highest BCUT2D eigenvalue weighted by molar-refractivity contribution is 6.33. The molecule has 0 radical (unpaired) electrons. The summed E-state index contributed by atoms with van der Waals surface area (Å²) in [6.45, 7) is 4.37. The molecule has 1 aromatic rings. The van der Waals surface area contributed by atoms with Crippen LogP contribution in [0.15, 0.2) is 24.3 Å². The Bertz CT molecular complexity index is 518. The smallest absolute Gasteiger partial charge is 0.227 e. The van der Waals surface area contributed by atoms with Crippen molar-refractivity contribution in [3.05, 3.63) is 29.3 Å². The van der Waals surface area contributed by atoms with Crippen LogP contribution in [0.4, 0.5) is 5.69 Å². The molecule has 1 aliphatic heterocycles. The quantitative estimate of drug-likeness (QED) is 0.928. The van der Waals surface area contributed by atoms with Crippen LogP contribution >= 0.6 is 11.6 Å². The number of halogens is 1. The molecule has 1 heterocycles. The van der Waals surface area contributed by atoms with Crippen LogP contribution in [-0.4, -0.2) is 24.4 Å². The molecule has 0 unspecified atom stereocenters. The van der Waals surface area contributed by atoms with Crippen molar-refractivity contribution in [2.45, 2.75) is 32.7 Å². The van der Waals surface area contributed by atoms with Gasteiger partial charge in [-0.1, -0.05) is 30.7 Å². The molecule has 1 fully saturated rings. The number of amides is 2. The summed E-state index contributed by atoms with van der Waals surface area (Å²) in [6.07, 6.45) is 1.12. The van der Waals surface area contributed by atoms with E-state index in [2.05, 4.69) is 5.32 Å². The Morgan fingerprint density at radius 2 is 2.20 bits per heavy atom. The molecule has 0 bridgehead atoms. The molecule has 0 aliphatic carbocycles. The van der Waals surface area contributed by atoms with Crippen molar-refractivity contribution < 1.29 is 9.59 Å². The number of anilines is 1. The van der Waals surface area contributed by atoms with Crippen molar-refractivity contribution in [3.63, 3.8) is 0 Å². The van der Waals surface area contributed by atoms with Crippen molar-refractivity contribution >= 4 is 29.1 Å². The zero-order valence-corrected chi connectivity index (χ0v) is 12.5. The average Bonchev–Trinajstić information content (AvgIpc) is 2.81. The molecular weight excluding hydrogens is 276 g/mol. The minimum atomic E-state index is -0.298. The Morgan fingerprint density at radius 1 is 1.50 bits per heavy atom. The lowest BCUT2D eigenvalue weighted by Crippen LogP contribution is -2.38. The maximum absolute atomic E-state index is 12.1. The second-order valence-electron chi connectivity index (χ2n) is 5.17. The molecule has 2 amide bonds. The molecule has 0 aromatic heterocycles. The van der Waals surface area contributed by atoms with Gasteiger partial charge in [-0.2, -0.15) is 0 Å². The van der Waals surface area contributed by atoms with Gasteiger partial charge in [-0.15, -0.1) is 0 Å². The number of benzene rings is 1. The molecule has 2 atom stereocenters. The zero-order valence-electron chi connectivity index (χ0n) is 11.7. The predicted octanol–water partition coefficient (Wildman–Crippen LogP) is 2.61. The highest BCUT2D eigenvalue weighted by Crippen LogP contribution is 2.31. The largest absolute Gasteiger partial charge is 0.353 e. The van der Waals surface area contributed by atoms with E-state index >= 15 is 0 Å². The summed E-state index contributed by atoms with van der Waals surface area (Å²) in [4.78, 5) is 25.8. The van der Waals surface area contributed by atoms with Crippen LogP contribution < -0.4 is 10.2 Å². The molecule has 1 aliphatic rings. The van der Waals surface area contributed by atoms with Gasteiger partial charge < -0.3 is 10.2 Å². The van der Waals surface area contributed by atoms with E-state index in [4.69, 9.17) is 11.6 Å². The summed E-state index contributed by atoms with van der Waals surface area (Å²) in [5.74, 6) is -0.405. The number of carbonyl (C=O) groups is 2. The molecule has 4 nitrogen and oxygen atoms in total. The number of nitrogens with zero attached hydrogens (tertiary/aromatic N) is 1. The lowest BCUT2D eigenvalue weighted by molar-refractivity contribution is -0.126. The first kappa shape index (κ1) is 14.9. The maximum Gasteiger partial charge on any atom is 0.227 e. The fourth-order valence-corrected chi connectivity index (χ4v) is 2.49. The van der Waals surface area contributed by atoms with E-state index in [1.165, 1.54) is 0 Å². The predicted molar refractivity (Wildman–Crippen MR) is 79.8 cm³/mol. The van der Waals surface area contributed by atoms with Gasteiger partial charge in [0.2, 0.25) is 11.8 Å². The van der Waals surface area contributed by atoms with Crippen molar-refractivity contribution in [2.75, 3.05) is 11.4 Å². The van der Waals surface area contributed by atoms with Gasteiger partial charge in [0, 0.05) is 19.0 Å². The van der Waals surface area contributed by atoms with Crippen LogP contribution in [0.1, 0.15) is 26.7 Å². The third kappa shape index (κ3) is 3.12. The molecule has 2 rings (SSSR count). The number of hydrogen-bond acceptors (Lipinski definition) is 2. The van der Waals surface area contributed by atoms with Gasteiger partial charge in [-0.05, 0) is 25.5 Å². The zero-order chi connectivity index (χ0) is 14.7. The molecular formula is C15H19ClN2O2. The summed E-state index contributed by atoms with van der Waals surface area (Å²) in [6, 6.07) is 7.33. The van der Waals surface area contributed by atoms with Crippen LogP contribution in [0, 0.1) is 5.92 Å². The molecule has 0 saturated carbocycles. The maximum atomic E-state index is 12.1. The van der Waals surface area contributed by atoms with Gasteiger partial charge in [-0.3, -0.25) is 9.59 Å². The second-order valence-corrected chi connectivity index (χ2v) is 5.58. The van der Waals surface area contributed by atoms with Crippen molar-refractivity contribution in [1.29, 1.82) is 0 Å². The van der Waals surface area contributed by atoms with Crippen molar-refractivity contribution in [3.8, 4) is 0 Å². The van der Waals surface area contributed by atoms with E-state index < -0.39 is 0 Å². The summed E-state index contributed by atoms with van der Waals surface area (Å²) in [7, 11) is 0. The van der Waals surface area contributed by atoms with Gasteiger partial charge in [0.15, 0.2) is 0 Å². The lowest BCUT2D eigenvalue weighted by atomic mass is 10.1. The molecule has 1 aromatic carbocycles. The summed E-state index contributed by atoms with van der Waals surface area (Å²) >= 11 is 6.11. The lowest BCUT2D eigenvalue weighted by Gasteiger charge is -2.18. The Hall–Kier alpha value is -1.55. The second kappa shape index (κ2) is 6.27. The fraction of sp³-hybridized carbons (Fsp3) is 0.467. The SMILES string of the molecule is CC[C@@H](C)NC(=O)[C@H]1CC(=O)N(c2ccccc2Cl)C1. The number of para-hydroxylation sites is 1. The van der Waals surface area contributed by atoms with Crippen molar-refractivity contribution in [2.24, 2.45) is 5.92 Å². The Morgan fingerprint density at radius 3 is 2.85 bits per heavy atom. The van der Waals surface area contributed by atoms with Crippen LogP contribution in [0.2, 0.25) is 5.02 Å². The van der Waals surface area contributed by atoms with E-state index in [0.29, 0.717) is 17.3 Å². The van der Waals surface area contributed by atoms with Crippen LogP contribution in [0.5, 0.6) is 0 Å². The van der Waals surface area contributed by atoms with Crippen molar-refractivity contribution in [1.82, 2.24) is 5.32 Å². The number of carbonyl (C=O) groups excluding carboxylic acids is 2. The van der Waals surface area contributed by atoms with Crippen LogP contribution in [0.3, 0.4) is 0 Å². The summed E-state index contributed by atoms with van der Waals surface area (Å²) < 4.78 is 0. The van der Waals surface area contributed by atoms with Crippen LogP contribution in [0.25, 0.3) is 0 Å². The molecule has 1 N–H and O–H groups in total. The molecule has 5 heteroatoms. The monoisotopic (exact) mass is 294 g/mol. The highest BCUT2D eigenvalue weighted by Gasteiger charge is 2.35. The topological polar surface area (TPSA) is 49.4 Å². The highest BCUT2D eigenvalue weighted by atomic mass is 35.5. The number of hydrogen-bond donors (Lipinski definition) is 1. The Kier molecular flexibility index (Phi) is 4.65. The number of nitrogens with one attached hydrogen (secondary N) is 1.